The van der Waals surface area contributed by atoms with E-state index in [0.29, 0.717) is 16.1 Å². The summed E-state index contributed by atoms with van der Waals surface area (Å²) in [6, 6.07) is 5.74. The average Bonchev–Trinajstić information content (AvgIpc) is 2.92. The molecular weight excluding hydrogens is 362 g/mol. The number of ketones is 1. The molecule has 1 N–H and O–H groups in total. The molecule has 0 unspecified atom stereocenters. The van der Waals surface area contributed by atoms with E-state index < -0.39 is 5.97 Å². The van der Waals surface area contributed by atoms with Gasteiger partial charge < -0.3 is 10.1 Å². The van der Waals surface area contributed by atoms with Crippen molar-refractivity contribution in [1.82, 2.24) is 0 Å². The Balaban J connectivity index is 1.71. The lowest BCUT2D eigenvalue weighted by molar-refractivity contribution is -0.114. The maximum Gasteiger partial charge on any atom is 0.341 e. The highest BCUT2D eigenvalue weighted by Crippen LogP contribution is 2.33. The molecule has 0 fully saturated rings. The number of benzene rings is 1. The van der Waals surface area contributed by atoms with Crippen LogP contribution in [0.2, 0.25) is 0 Å². The van der Waals surface area contributed by atoms with E-state index in [9.17, 15) is 14.4 Å². The van der Waals surface area contributed by atoms with Crippen molar-refractivity contribution in [2.24, 2.45) is 0 Å². The Morgan fingerprint density at radius 3 is 2.52 bits per heavy atom. The molecular formula is C21H23NO4S. The second-order valence-electron chi connectivity index (χ2n) is 6.86. The molecule has 1 aromatic carbocycles. The van der Waals surface area contributed by atoms with Gasteiger partial charge in [0.25, 0.3) is 0 Å². The molecule has 0 saturated carbocycles. The summed E-state index contributed by atoms with van der Waals surface area (Å²) in [4.78, 5) is 37.3. The van der Waals surface area contributed by atoms with Crippen molar-refractivity contribution in [2.45, 2.75) is 46.5 Å². The number of ether oxygens (including phenoxy) is 1. The Bertz CT molecular complexity index is 913. The van der Waals surface area contributed by atoms with Crippen molar-refractivity contribution in [3.8, 4) is 0 Å². The summed E-state index contributed by atoms with van der Waals surface area (Å²) < 4.78 is 5.27. The standard InChI is InChI=1S/C21H23NO4S/c1-12-13(2)27-20(22-14(3)23)19(12)21(25)26-11-18(24)17-9-8-15-6-4-5-7-16(15)10-17/h8-10H,4-7,11H2,1-3H3,(H,22,23). The summed E-state index contributed by atoms with van der Waals surface area (Å²) in [6.45, 7) is 4.75. The normalized spacial score (nSPS) is 13.0. The van der Waals surface area contributed by atoms with E-state index in [1.165, 1.54) is 35.8 Å². The summed E-state index contributed by atoms with van der Waals surface area (Å²) in [5.74, 6) is -1.07. The van der Waals surface area contributed by atoms with Crippen LogP contribution in [0, 0.1) is 13.8 Å². The Morgan fingerprint density at radius 1 is 1.11 bits per heavy atom. The van der Waals surface area contributed by atoms with Gasteiger partial charge in [-0.3, -0.25) is 9.59 Å². The molecule has 6 heteroatoms. The van der Waals surface area contributed by atoms with Crippen molar-refractivity contribution in [3.63, 3.8) is 0 Å². The van der Waals surface area contributed by atoms with E-state index in [2.05, 4.69) is 5.32 Å². The molecule has 3 rings (SSSR count). The number of nitrogens with one attached hydrogen (secondary N) is 1. The molecule has 0 saturated heterocycles. The van der Waals surface area contributed by atoms with Crippen LogP contribution in [-0.4, -0.2) is 24.3 Å². The number of carbonyl (C=O) groups excluding carboxylic acids is 3. The molecule has 1 aliphatic rings. The first kappa shape index (κ1) is 19.3. The van der Waals surface area contributed by atoms with Gasteiger partial charge >= 0.3 is 5.97 Å². The number of anilines is 1. The second-order valence-corrected chi connectivity index (χ2v) is 8.08. The lowest BCUT2D eigenvalue weighted by Crippen LogP contribution is -2.17. The first-order valence-corrected chi connectivity index (χ1v) is 9.88. The smallest absolute Gasteiger partial charge is 0.341 e. The SMILES string of the molecule is CC(=O)Nc1sc(C)c(C)c1C(=O)OCC(=O)c1ccc2c(c1)CCCC2. The van der Waals surface area contributed by atoms with Crippen LogP contribution in [0.25, 0.3) is 0 Å². The molecule has 142 valence electrons. The zero-order valence-corrected chi connectivity index (χ0v) is 16.6. The van der Waals surface area contributed by atoms with Gasteiger partial charge in [0.15, 0.2) is 12.4 Å². The molecule has 1 amide bonds. The van der Waals surface area contributed by atoms with Crippen LogP contribution < -0.4 is 5.32 Å². The van der Waals surface area contributed by atoms with Gasteiger partial charge in [-0.25, -0.2) is 4.79 Å². The van der Waals surface area contributed by atoms with Crippen LogP contribution in [0.5, 0.6) is 0 Å². The molecule has 2 aromatic rings. The van der Waals surface area contributed by atoms with E-state index in [0.717, 1.165) is 29.7 Å². The number of rotatable bonds is 5. The molecule has 0 radical (unpaired) electrons. The minimum Gasteiger partial charge on any atom is -0.454 e. The van der Waals surface area contributed by atoms with Crippen LogP contribution >= 0.6 is 11.3 Å². The van der Waals surface area contributed by atoms with Crippen LogP contribution in [0.15, 0.2) is 18.2 Å². The van der Waals surface area contributed by atoms with Crippen LogP contribution in [0.4, 0.5) is 5.00 Å². The fourth-order valence-electron chi connectivity index (χ4n) is 3.31. The molecule has 0 atom stereocenters. The minimum absolute atomic E-state index is 0.220. The van der Waals surface area contributed by atoms with Crippen molar-refractivity contribution in [3.05, 3.63) is 50.9 Å². The summed E-state index contributed by atoms with van der Waals surface area (Å²) >= 11 is 1.33. The largest absolute Gasteiger partial charge is 0.454 e. The molecule has 27 heavy (non-hydrogen) atoms. The number of aryl methyl sites for hydroxylation is 3. The second kappa shape index (κ2) is 8.05. The summed E-state index contributed by atoms with van der Waals surface area (Å²) in [5.41, 5.74) is 4.18. The predicted molar refractivity (Wildman–Crippen MR) is 106 cm³/mol. The monoisotopic (exact) mass is 385 g/mol. The molecule has 5 nitrogen and oxygen atoms in total. The molecule has 1 heterocycles. The number of esters is 1. The van der Waals surface area contributed by atoms with Crippen LogP contribution in [-0.2, 0) is 22.4 Å². The summed E-state index contributed by atoms with van der Waals surface area (Å²) in [6.07, 6.45) is 4.38. The van der Waals surface area contributed by atoms with Crippen molar-refractivity contribution < 1.29 is 19.1 Å². The maximum atomic E-state index is 12.5. The Kier molecular flexibility index (Phi) is 5.75. The highest BCUT2D eigenvalue weighted by atomic mass is 32.1. The molecule has 1 aromatic heterocycles. The molecule has 1 aliphatic carbocycles. The van der Waals surface area contributed by atoms with E-state index in [-0.39, 0.29) is 18.3 Å². The van der Waals surface area contributed by atoms with Gasteiger partial charge in [-0.15, -0.1) is 11.3 Å². The average molecular weight is 385 g/mol. The molecule has 0 bridgehead atoms. The van der Waals surface area contributed by atoms with E-state index in [1.54, 1.807) is 6.92 Å². The zero-order valence-electron chi connectivity index (χ0n) is 15.8. The van der Waals surface area contributed by atoms with Gasteiger partial charge in [0, 0.05) is 17.4 Å². The third kappa shape index (κ3) is 4.27. The Morgan fingerprint density at radius 2 is 1.81 bits per heavy atom. The third-order valence-corrected chi connectivity index (χ3v) is 6.01. The summed E-state index contributed by atoms with van der Waals surface area (Å²) in [5, 5.41) is 3.13. The number of amides is 1. The Labute approximate surface area is 162 Å². The lowest BCUT2D eigenvalue weighted by Gasteiger charge is -2.16. The first-order valence-electron chi connectivity index (χ1n) is 9.06. The van der Waals surface area contributed by atoms with E-state index in [1.807, 2.05) is 25.1 Å². The zero-order chi connectivity index (χ0) is 19.6. The number of fused-ring (bicyclic) bond motifs is 1. The van der Waals surface area contributed by atoms with Gasteiger partial charge in [0.1, 0.15) is 5.00 Å². The van der Waals surface area contributed by atoms with Crippen LogP contribution in [0.3, 0.4) is 0 Å². The van der Waals surface area contributed by atoms with Crippen molar-refractivity contribution in [1.29, 1.82) is 0 Å². The van der Waals surface area contributed by atoms with Crippen LogP contribution in [0.1, 0.15) is 62.0 Å². The van der Waals surface area contributed by atoms with Gasteiger partial charge in [-0.05, 0) is 62.3 Å². The number of Topliss-reactive ketones (excluding diaryl/α,β-unsaturated/α-hetero) is 1. The lowest BCUT2D eigenvalue weighted by atomic mass is 9.90. The number of thiophene rings is 1. The fourth-order valence-corrected chi connectivity index (χ4v) is 4.41. The van der Waals surface area contributed by atoms with Gasteiger partial charge in [-0.2, -0.15) is 0 Å². The first-order chi connectivity index (χ1) is 12.9. The number of hydrogen-bond acceptors (Lipinski definition) is 5. The highest BCUT2D eigenvalue weighted by Gasteiger charge is 2.23. The number of hydrogen-bond donors (Lipinski definition) is 1. The molecule has 0 aliphatic heterocycles. The van der Waals surface area contributed by atoms with E-state index >= 15 is 0 Å². The molecule has 0 spiro atoms. The van der Waals surface area contributed by atoms with Crippen molar-refractivity contribution >= 4 is 34.0 Å². The highest BCUT2D eigenvalue weighted by molar-refractivity contribution is 7.16. The predicted octanol–water partition coefficient (Wildman–Crippen LogP) is 4.24. The fraction of sp³-hybridized carbons (Fsp3) is 0.381. The minimum atomic E-state index is -0.591. The third-order valence-electron chi connectivity index (χ3n) is 4.88. The maximum absolute atomic E-state index is 12.5. The number of carbonyl (C=O) groups is 3. The van der Waals surface area contributed by atoms with Gasteiger partial charge in [0.2, 0.25) is 5.91 Å². The van der Waals surface area contributed by atoms with E-state index in [4.69, 9.17) is 4.74 Å². The van der Waals surface area contributed by atoms with Crippen molar-refractivity contribution in [2.75, 3.05) is 11.9 Å². The Hall–Kier alpha value is -2.47. The summed E-state index contributed by atoms with van der Waals surface area (Å²) in [7, 11) is 0. The quantitative estimate of drug-likeness (QED) is 0.617. The van der Waals surface area contributed by atoms with Gasteiger partial charge in [-0.1, -0.05) is 12.1 Å². The topological polar surface area (TPSA) is 72.5 Å². The van der Waals surface area contributed by atoms with Gasteiger partial charge in [0.05, 0.1) is 5.56 Å².